The minimum Gasteiger partial charge on any atom is -0.480 e. The summed E-state index contributed by atoms with van der Waals surface area (Å²) < 4.78 is 0. The lowest BCUT2D eigenvalue weighted by Gasteiger charge is -2.29. The van der Waals surface area contributed by atoms with Crippen molar-refractivity contribution in [1.82, 2.24) is 14.7 Å². The van der Waals surface area contributed by atoms with Gasteiger partial charge in [0.25, 0.3) is 0 Å². The number of urea groups is 1. The number of hydrogen-bond donors (Lipinski definition) is 1. The number of nitrogens with zero attached hydrogens (tertiary/aromatic N) is 3. The van der Waals surface area contributed by atoms with Gasteiger partial charge in [-0.2, -0.15) is 0 Å². The van der Waals surface area contributed by atoms with Gasteiger partial charge in [-0.15, -0.1) is 0 Å². The monoisotopic (exact) mass is 283 g/mol. The zero-order valence-corrected chi connectivity index (χ0v) is 11.9. The van der Waals surface area contributed by atoms with Crippen LogP contribution in [0.4, 0.5) is 4.79 Å². The van der Waals surface area contributed by atoms with Crippen LogP contribution in [0.15, 0.2) is 0 Å². The summed E-state index contributed by atoms with van der Waals surface area (Å²) in [6.45, 7) is 3.44. The first kappa shape index (κ1) is 14.6. The summed E-state index contributed by atoms with van der Waals surface area (Å²) in [5, 5.41) is 9.26. The summed E-state index contributed by atoms with van der Waals surface area (Å²) >= 11 is 0. The van der Waals surface area contributed by atoms with Gasteiger partial charge in [0.1, 0.15) is 12.6 Å². The van der Waals surface area contributed by atoms with Crippen LogP contribution in [0.3, 0.4) is 0 Å². The molecule has 0 bridgehead atoms. The summed E-state index contributed by atoms with van der Waals surface area (Å²) in [6, 6.07) is -1.11. The Kier molecular flexibility index (Phi) is 4.15. The summed E-state index contributed by atoms with van der Waals surface area (Å²) in [5.41, 5.74) is 0. The van der Waals surface area contributed by atoms with Crippen LogP contribution in [0.1, 0.15) is 19.8 Å². The van der Waals surface area contributed by atoms with E-state index < -0.39 is 12.0 Å². The molecule has 20 heavy (non-hydrogen) atoms. The molecule has 2 heterocycles. The first-order chi connectivity index (χ1) is 9.41. The molecular formula is C13H21N3O4. The number of carboxylic acid groups (broad SMARTS) is 1. The highest BCUT2D eigenvalue weighted by Crippen LogP contribution is 2.25. The Bertz CT molecular complexity index is 426. The average molecular weight is 283 g/mol. The van der Waals surface area contributed by atoms with E-state index >= 15 is 0 Å². The molecule has 0 aromatic rings. The van der Waals surface area contributed by atoms with E-state index in [-0.39, 0.29) is 24.4 Å². The molecule has 2 fully saturated rings. The Morgan fingerprint density at radius 3 is 2.60 bits per heavy atom. The summed E-state index contributed by atoms with van der Waals surface area (Å²) in [4.78, 5) is 40.1. The van der Waals surface area contributed by atoms with Crippen molar-refractivity contribution in [3.63, 3.8) is 0 Å². The van der Waals surface area contributed by atoms with Gasteiger partial charge >= 0.3 is 12.0 Å². The maximum atomic E-state index is 12.5. The molecule has 2 rings (SSSR count). The third-order valence-electron chi connectivity index (χ3n) is 4.14. The smallest absolute Gasteiger partial charge is 0.326 e. The highest BCUT2D eigenvalue weighted by Gasteiger charge is 2.41. The molecule has 112 valence electrons. The number of likely N-dealkylation sites (tertiary alicyclic amines) is 1. The van der Waals surface area contributed by atoms with Crippen molar-refractivity contribution in [2.75, 3.05) is 33.2 Å². The van der Waals surface area contributed by atoms with E-state index in [1.54, 1.807) is 11.9 Å². The van der Waals surface area contributed by atoms with Crippen molar-refractivity contribution in [3.8, 4) is 0 Å². The van der Waals surface area contributed by atoms with Gasteiger partial charge in [-0.05, 0) is 18.8 Å². The number of rotatable bonds is 1. The molecule has 0 saturated carbocycles. The fraction of sp³-hybridized carbons (Fsp3) is 0.769. The highest BCUT2D eigenvalue weighted by molar-refractivity contribution is 5.87. The van der Waals surface area contributed by atoms with E-state index in [1.165, 1.54) is 9.80 Å². The molecular weight excluding hydrogens is 262 g/mol. The Morgan fingerprint density at radius 1 is 1.25 bits per heavy atom. The molecule has 2 aliphatic rings. The van der Waals surface area contributed by atoms with E-state index in [9.17, 15) is 19.5 Å². The second-order valence-corrected chi connectivity index (χ2v) is 5.62. The lowest BCUT2D eigenvalue weighted by atomic mass is 10.0. The maximum Gasteiger partial charge on any atom is 0.326 e. The zero-order chi connectivity index (χ0) is 14.9. The van der Waals surface area contributed by atoms with Gasteiger partial charge in [-0.25, -0.2) is 9.59 Å². The topological polar surface area (TPSA) is 81.2 Å². The zero-order valence-electron chi connectivity index (χ0n) is 11.9. The standard InChI is InChI=1S/C13H21N3O4/c1-9-4-7-16(11(9)12(18)19)13(20)15-6-3-5-14(2)10(17)8-15/h9,11H,3-8H2,1-2H3,(H,18,19). The second-order valence-electron chi connectivity index (χ2n) is 5.62. The molecule has 7 nitrogen and oxygen atoms in total. The Hall–Kier alpha value is -1.79. The largest absolute Gasteiger partial charge is 0.480 e. The normalized spacial score (nSPS) is 27.7. The molecule has 2 saturated heterocycles. The molecule has 2 unspecified atom stereocenters. The number of carboxylic acids is 1. The molecule has 0 radical (unpaired) electrons. The number of likely N-dealkylation sites (N-methyl/N-ethyl adjacent to an activating group) is 1. The van der Waals surface area contributed by atoms with E-state index in [4.69, 9.17) is 0 Å². The average Bonchev–Trinajstić information content (AvgIpc) is 2.69. The van der Waals surface area contributed by atoms with E-state index in [0.29, 0.717) is 26.1 Å². The van der Waals surface area contributed by atoms with Gasteiger partial charge in [0.2, 0.25) is 5.91 Å². The molecule has 0 aromatic carbocycles. The molecule has 0 aliphatic carbocycles. The minimum atomic E-state index is -0.971. The van der Waals surface area contributed by atoms with Crippen LogP contribution in [0.25, 0.3) is 0 Å². The highest BCUT2D eigenvalue weighted by atomic mass is 16.4. The fourth-order valence-corrected chi connectivity index (χ4v) is 2.87. The molecule has 0 spiro atoms. The summed E-state index contributed by atoms with van der Waals surface area (Å²) in [6.07, 6.45) is 1.40. The molecule has 3 amide bonds. The van der Waals surface area contributed by atoms with Crippen LogP contribution in [-0.4, -0.2) is 77.0 Å². The van der Waals surface area contributed by atoms with E-state index in [2.05, 4.69) is 0 Å². The van der Waals surface area contributed by atoms with Crippen LogP contribution in [0.2, 0.25) is 0 Å². The fourth-order valence-electron chi connectivity index (χ4n) is 2.87. The quantitative estimate of drug-likeness (QED) is 0.738. The van der Waals surface area contributed by atoms with Crippen molar-refractivity contribution in [3.05, 3.63) is 0 Å². The van der Waals surface area contributed by atoms with Crippen LogP contribution < -0.4 is 0 Å². The van der Waals surface area contributed by atoms with Gasteiger partial charge in [0.05, 0.1) is 0 Å². The van der Waals surface area contributed by atoms with Gasteiger partial charge < -0.3 is 19.8 Å². The first-order valence-electron chi connectivity index (χ1n) is 6.94. The number of carbonyl (C=O) groups excluding carboxylic acids is 2. The van der Waals surface area contributed by atoms with Gasteiger partial charge in [-0.1, -0.05) is 6.92 Å². The summed E-state index contributed by atoms with van der Waals surface area (Å²) in [5.74, 6) is -1.13. The molecule has 1 N–H and O–H groups in total. The number of hydrogen-bond acceptors (Lipinski definition) is 3. The molecule has 2 aliphatic heterocycles. The number of amides is 3. The van der Waals surface area contributed by atoms with Crippen molar-refractivity contribution >= 4 is 17.9 Å². The van der Waals surface area contributed by atoms with Crippen LogP contribution in [0.5, 0.6) is 0 Å². The van der Waals surface area contributed by atoms with Crippen molar-refractivity contribution in [2.45, 2.75) is 25.8 Å². The van der Waals surface area contributed by atoms with Gasteiger partial charge in [-0.3, -0.25) is 4.79 Å². The molecule has 2 atom stereocenters. The lowest BCUT2D eigenvalue weighted by molar-refractivity contribution is -0.142. The Balaban J connectivity index is 2.10. The molecule has 7 heteroatoms. The Labute approximate surface area is 118 Å². The summed E-state index contributed by atoms with van der Waals surface area (Å²) in [7, 11) is 1.72. The van der Waals surface area contributed by atoms with Gasteiger partial charge in [0.15, 0.2) is 0 Å². The van der Waals surface area contributed by atoms with Crippen molar-refractivity contribution in [2.24, 2.45) is 5.92 Å². The SMILES string of the molecule is CC1CCN(C(=O)N2CCCN(C)C(=O)C2)C1C(=O)O. The lowest BCUT2D eigenvalue weighted by Crippen LogP contribution is -2.50. The third-order valence-corrected chi connectivity index (χ3v) is 4.14. The van der Waals surface area contributed by atoms with Crippen LogP contribution in [0, 0.1) is 5.92 Å². The number of carbonyl (C=O) groups is 3. The number of aliphatic carboxylic acids is 1. The predicted molar refractivity (Wildman–Crippen MR) is 71.1 cm³/mol. The van der Waals surface area contributed by atoms with E-state index in [1.807, 2.05) is 6.92 Å². The first-order valence-corrected chi connectivity index (χ1v) is 6.94. The van der Waals surface area contributed by atoms with Crippen molar-refractivity contribution in [1.29, 1.82) is 0 Å². The van der Waals surface area contributed by atoms with Crippen LogP contribution in [-0.2, 0) is 9.59 Å². The predicted octanol–water partition coefficient (Wildman–Crippen LogP) is 0.0655. The van der Waals surface area contributed by atoms with Crippen LogP contribution >= 0.6 is 0 Å². The minimum absolute atomic E-state index is 0.0343. The van der Waals surface area contributed by atoms with E-state index in [0.717, 1.165) is 6.42 Å². The van der Waals surface area contributed by atoms with Gasteiger partial charge in [0, 0.05) is 26.7 Å². The molecule has 0 aromatic heterocycles. The maximum absolute atomic E-state index is 12.5. The third kappa shape index (κ3) is 2.71. The Morgan fingerprint density at radius 2 is 1.95 bits per heavy atom. The van der Waals surface area contributed by atoms with Crippen molar-refractivity contribution < 1.29 is 19.5 Å². The second kappa shape index (κ2) is 5.68.